The molecule has 2 fully saturated rings. The van der Waals surface area contributed by atoms with Gasteiger partial charge in [-0.05, 0) is 73.4 Å². The van der Waals surface area contributed by atoms with Crippen molar-refractivity contribution >= 4 is 22.1 Å². The van der Waals surface area contributed by atoms with Gasteiger partial charge in [-0.25, -0.2) is 9.37 Å². The Hall–Kier alpha value is -2.99. The number of aromatic nitrogens is 3. The fraction of sp³-hybridized carbons (Fsp3) is 0.360. The highest BCUT2D eigenvalue weighted by molar-refractivity contribution is 5.92. The van der Waals surface area contributed by atoms with Gasteiger partial charge in [-0.15, -0.1) is 0 Å². The number of pyridine rings is 2. The quantitative estimate of drug-likeness (QED) is 0.517. The Balaban J connectivity index is 1.27. The molecule has 0 bridgehead atoms. The summed E-state index contributed by atoms with van der Waals surface area (Å²) < 4.78 is 16.2. The van der Waals surface area contributed by atoms with Crippen LogP contribution >= 0.6 is 0 Å². The van der Waals surface area contributed by atoms with Crippen LogP contribution in [-0.4, -0.2) is 32.6 Å². The molecule has 4 heterocycles. The zero-order chi connectivity index (χ0) is 20.9. The number of piperidine rings is 1. The van der Waals surface area contributed by atoms with Crippen LogP contribution in [0.2, 0.25) is 0 Å². The zero-order valence-electron chi connectivity index (χ0n) is 17.3. The van der Waals surface area contributed by atoms with Gasteiger partial charge in [-0.3, -0.25) is 4.98 Å². The SMILES string of the molecule is O[C@@H](c1c(C2CC2)ccn2cncc12)C1CCN(c2ccc(F)c3ncccc23)CC1. The third-order valence-corrected chi connectivity index (χ3v) is 7.00. The van der Waals surface area contributed by atoms with Gasteiger partial charge in [0, 0.05) is 42.1 Å². The third-order valence-electron chi connectivity index (χ3n) is 7.00. The fourth-order valence-corrected chi connectivity index (χ4v) is 5.19. The Morgan fingerprint density at radius 1 is 1.06 bits per heavy atom. The number of hydrogen-bond donors (Lipinski definition) is 1. The minimum Gasteiger partial charge on any atom is -0.388 e. The van der Waals surface area contributed by atoms with Gasteiger partial charge in [0.05, 0.1) is 24.1 Å². The highest BCUT2D eigenvalue weighted by atomic mass is 19.1. The molecule has 1 saturated heterocycles. The van der Waals surface area contributed by atoms with Crippen molar-refractivity contribution in [2.24, 2.45) is 5.92 Å². The molecule has 0 amide bonds. The predicted octanol–water partition coefficient (Wildman–Crippen LogP) is 4.85. The molecule has 0 unspecified atom stereocenters. The number of aliphatic hydroxyl groups excluding tert-OH is 1. The average Bonchev–Trinajstić information content (AvgIpc) is 3.55. The molecule has 1 aromatic carbocycles. The molecule has 0 spiro atoms. The van der Waals surface area contributed by atoms with Crippen molar-refractivity contribution in [2.75, 3.05) is 18.0 Å². The van der Waals surface area contributed by atoms with E-state index in [1.807, 2.05) is 28.8 Å². The first kappa shape index (κ1) is 18.8. The van der Waals surface area contributed by atoms with Crippen LogP contribution in [0.25, 0.3) is 16.4 Å². The standard InChI is InChI=1S/C25H25FN4O/c26-20-5-6-21(19-2-1-10-28-24(19)20)29-11-7-17(8-12-29)25(31)23-18(16-3-4-16)9-13-30-15-27-14-22(23)30/h1-2,5-6,9-10,13-17,25,31H,3-4,7-8,11-12H2/t25-/m1/s1. The number of aliphatic hydroxyl groups is 1. The van der Waals surface area contributed by atoms with Crippen LogP contribution in [0, 0.1) is 11.7 Å². The summed E-state index contributed by atoms with van der Waals surface area (Å²) in [4.78, 5) is 10.8. The molecular formula is C25H25FN4O. The number of nitrogens with zero attached hydrogens (tertiary/aromatic N) is 4. The van der Waals surface area contributed by atoms with E-state index in [2.05, 4.69) is 27.1 Å². The largest absolute Gasteiger partial charge is 0.388 e. The van der Waals surface area contributed by atoms with E-state index in [9.17, 15) is 9.50 Å². The van der Waals surface area contributed by atoms with Crippen molar-refractivity contribution in [3.05, 3.63) is 72.2 Å². The maximum absolute atomic E-state index is 14.2. The molecule has 158 valence electrons. The van der Waals surface area contributed by atoms with Gasteiger partial charge in [0.1, 0.15) is 11.3 Å². The molecule has 3 aromatic heterocycles. The van der Waals surface area contributed by atoms with E-state index in [0.717, 1.165) is 48.1 Å². The molecular weight excluding hydrogens is 391 g/mol. The summed E-state index contributed by atoms with van der Waals surface area (Å²) in [7, 11) is 0. The summed E-state index contributed by atoms with van der Waals surface area (Å²) in [5, 5.41) is 12.3. The monoisotopic (exact) mass is 416 g/mol. The third kappa shape index (κ3) is 3.17. The minimum absolute atomic E-state index is 0.194. The summed E-state index contributed by atoms with van der Waals surface area (Å²) in [6, 6.07) is 9.32. The molecule has 1 aliphatic carbocycles. The Labute approximate surface area is 180 Å². The molecule has 4 aromatic rings. The van der Waals surface area contributed by atoms with E-state index in [0.29, 0.717) is 11.4 Å². The first-order chi connectivity index (χ1) is 15.2. The van der Waals surface area contributed by atoms with E-state index in [1.165, 1.54) is 24.5 Å². The number of benzene rings is 1. The van der Waals surface area contributed by atoms with E-state index < -0.39 is 6.10 Å². The Morgan fingerprint density at radius 2 is 1.90 bits per heavy atom. The Kier molecular flexibility index (Phi) is 4.42. The summed E-state index contributed by atoms with van der Waals surface area (Å²) in [6.45, 7) is 1.66. The van der Waals surface area contributed by atoms with Gasteiger partial charge in [0.15, 0.2) is 0 Å². The maximum atomic E-state index is 14.2. The van der Waals surface area contributed by atoms with Gasteiger partial charge >= 0.3 is 0 Å². The Bertz CT molecular complexity index is 1260. The topological polar surface area (TPSA) is 53.7 Å². The van der Waals surface area contributed by atoms with Gasteiger partial charge < -0.3 is 14.4 Å². The van der Waals surface area contributed by atoms with E-state index >= 15 is 0 Å². The summed E-state index contributed by atoms with van der Waals surface area (Å²) >= 11 is 0. The van der Waals surface area contributed by atoms with Crippen LogP contribution in [0.4, 0.5) is 10.1 Å². The first-order valence-corrected chi connectivity index (χ1v) is 11.1. The van der Waals surface area contributed by atoms with Gasteiger partial charge in [-0.1, -0.05) is 0 Å². The van der Waals surface area contributed by atoms with Crippen LogP contribution in [0.3, 0.4) is 0 Å². The predicted molar refractivity (Wildman–Crippen MR) is 119 cm³/mol. The molecule has 6 rings (SSSR count). The number of hydrogen-bond acceptors (Lipinski definition) is 4. The van der Waals surface area contributed by atoms with Crippen LogP contribution in [0.15, 0.2) is 55.2 Å². The summed E-state index contributed by atoms with van der Waals surface area (Å²) in [5.41, 5.74) is 4.82. The second-order valence-electron chi connectivity index (χ2n) is 8.88. The highest BCUT2D eigenvalue weighted by Crippen LogP contribution is 2.46. The van der Waals surface area contributed by atoms with E-state index in [4.69, 9.17) is 0 Å². The molecule has 1 atom stereocenters. The first-order valence-electron chi connectivity index (χ1n) is 11.1. The minimum atomic E-state index is -0.496. The summed E-state index contributed by atoms with van der Waals surface area (Å²) in [5.74, 6) is 0.480. The molecule has 31 heavy (non-hydrogen) atoms. The van der Waals surface area contributed by atoms with Crippen molar-refractivity contribution in [3.63, 3.8) is 0 Å². The molecule has 6 heteroatoms. The van der Waals surface area contributed by atoms with Crippen molar-refractivity contribution in [3.8, 4) is 0 Å². The molecule has 5 nitrogen and oxygen atoms in total. The maximum Gasteiger partial charge on any atom is 0.149 e. The van der Waals surface area contributed by atoms with Gasteiger partial charge in [-0.2, -0.15) is 0 Å². The number of imidazole rings is 1. The smallest absolute Gasteiger partial charge is 0.149 e. The second-order valence-corrected chi connectivity index (χ2v) is 8.88. The van der Waals surface area contributed by atoms with Crippen molar-refractivity contribution < 1.29 is 9.50 Å². The van der Waals surface area contributed by atoms with Crippen molar-refractivity contribution in [1.29, 1.82) is 0 Å². The van der Waals surface area contributed by atoms with Crippen molar-refractivity contribution in [2.45, 2.75) is 37.7 Å². The average molecular weight is 417 g/mol. The lowest BCUT2D eigenvalue weighted by molar-refractivity contribution is 0.0932. The molecule has 1 aliphatic heterocycles. The molecule has 1 N–H and O–H groups in total. The number of anilines is 1. The highest BCUT2D eigenvalue weighted by Gasteiger charge is 2.34. The normalized spacial score (nSPS) is 18.7. The van der Waals surface area contributed by atoms with Crippen LogP contribution in [0.5, 0.6) is 0 Å². The zero-order valence-corrected chi connectivity index (χ0v) is 17.3. The van der Waals surface area contributed by atoms with Crippen LogP contribution in [-0.2, 0) is 0 Å². The second kappa shape index (κ2) is 7.31. The summed E-state index contributed by atoms with van der Waals surface area (Å²) in [6.07, 6.45) is 11.1. The number of rotatable bonds is 4. The lowest BCUT2D eigenvalue weighted by atomic mass is 9.84. The molecule has 1 saturated carbocycles. The van der Waals surface area contributed by atoms with Crippen LogP contribution in [0.1, 0.15) is 48.8 Å². The van der Waals surface area contributed by atoms with E-state index in [-0.39, 0.29) is 11.7 Å². The molecule has 0 radical (unpaired) electrons. The Morgan fingerprint density at radius 3 is 2.71 bits per heavy atom. The fourth-order valence-electron chi connectivity index (χ4n) is 5.19. The van der Waals surface area contributed by atoms with Gasteiger partial charge in [0.2, 0.25) is 0 Å². The van der Waals surface area contributed by atoms with Gasteiger partial charge in [0.25, 0.3) is 0 Å². The van der Waals surface area contributed by atoms with Crippen LogP contribution < -0.4 is 4.90 Å². The van der Waals surface area contributed by atoms with E-state index in [1.54, 1.807) is 12.5 Å². The lowest BCUT2D eigenvalue weighted by Gasteiger charge is -2.36. The number of fused-ring (bicyclic) bond motifs is 2. The lowest BCUT2D eigenvalue weighted by Crippen LogP contribution is -2.36. The molecule has 2 aliphatic rings. The number of halogens is 1. The van der Waals surface area contributed by atoms with Crippen molar-refractivity contribution in [1.82, 2.24) is 14.4 Å².